The fourth-order valence-electron chi connectivity index (χ4n) is 4.11. The van der Waals surface area contributed by atoms with Gasteiger partial charge in [0.25, 0.3) is 0 Å². The minimum Gasteiger partial charge on any atom is -0.508 e. The second-order valence-electron chi connectivity index (χ2n) is 9.10. The Morgan fingerprint density at radius 1 is 0.974 bits per heavy atom. The summed E-state index contributed by atoms with van der Waals surface area (Å²) in [6.07, 6.45) is 0.110. The summed E-state index contributed by atoms with van der Waals surface area (Å²) in [6.45, 7) is 1.90. The number of amidine groups is 1. The predicted octanol–water partition coefficient (Wildman–Crippen LogP) is 2.29. The molecule has 1 unspecified atom stereocenters. The van der Waals surface area contributed by atoms with Gasteiger partial charge in [-0.25, -0.2) is 10.1 Å². The molecule has 3 aromatic carbocycles. The molecule has 0 aliphatic rings. The summed E-state index contributed by atoms with van der Waals surface area (Å²) >= 11 is 0. The van der Waals surface area contributed by atoms with Gasteiger partial charge in [0.1, 0.15) is 11.8 Å². The number of nitrogens with zero attached hydrogens (tertiary/aromatic N) is 2. The van der Waals surface area contributed by atoms with Crippen LogP contribution in [0.25, 0.3) is 0 Å². The molecule has 0 bridgehead atoms. The Kier molecular flexibility index (Phi) is 10.1. The highest BCUT2D eigenvalue weighted by Gasteiger charge is 2.28. The Labute approximate surface area is 226 Å². The van der Waals surface area contributed by atoms with Gasteiger partial charge >= 0.3 is 0 Å². The molecule has 0 heterocycles. The van der Waals surface area contributed by atoms with E-state index in [0.717, 1.165) is 16.7 Å². The fraction of sp³-hybridized carbons (Fsp3) is 0.250. The Hall–Kier alpha value is -4.77. The van der Waals surface area contributed by atoms with Crippen LogP contribution in [0.5, 0.6) is 5.75 Å². The van der Waals surface area contributed by atoms with Crippen molar-refractivity contribution in [1.29, 1.82) is 0 Å². The van der Waals surface area contributed by atoms with E-state index >= 15 is 0 Å². The molecular formula is C28H32N6O5. The Morgan fingerprint density at radius 2 is 1.56 bits per heavy atom. The van der Waals surface area contributed by atoms with Crippen molar-refractivity contribution in [3.05, 3.63) is 111 Å². The molecule has 7 N–H and O–H groups in total. The lowest BCUT2D eigenvalue weighted by Crippen LogP contribution is -2.49. The Balaban J connectivity index is 1.82. The number of amides is 2. The third kappa shape index (κ3) is 8.37. The third-order valence-corrected chi connectivity index (χ3v) is 6.23. The van der Waals surface area contributed by atoms with Gasteiger partial charge in [-0.15, -0.1) is 0 Å². The highest BCUT2D eigenvalue weighted by atomic mass is 16.7. The molecule has 2 atom stereocenters. The van der Waals surface area contributed by atoms with Crippen LogP contribution in [0.2, 0.25) is 0 Å². The number of phenols is 1. The smallest absolute Gasteiger partial charge is 0.242 e. The first-order valence-corrected chi connectivity index (χ1v) is 12.4. The number of phenolic OH excluding ortho intramolecular Hbond substituents is 1. The van der Waals surface area contributed by atoms with E-state index in [-0.39, 0.29) is 31.0 Å². The summed E-state index contributed by atoms with van der Waals surface area (Å²) in [5, 5.41) is 28.2. The van der Waals surface area contributed by atoms with E-state index in [1.54, 1.807) is 19.1 Å². The molecule has 2 amide bonds. The fourth-order valence-corrected chi connectivity index (χ4v) is 4.11. The van der Waals surface area contributed by atoms with Crippen LogP contribution in [-0.2, 0) is 16.1 Å². The number of aryl methyl sites for hydroxylation is 1. The molecule has 204 valence electrons. The van der Waals surface area contributed by atoms with Crippen molar-refractivity contribution in [2.24, 2.45) is 16.6 Å². The summed E-state index contributed by atoms with van der Waals surface area (Å²) < 4.78 is 0. The minimum atomic E-state index is -1.01. The van der Waals surface area contributed by atoms with Gasteiger partial charge in [-0.05, 0) is 48.1 Å². The summed E-state index contributed by atoms with van der Waals surface area (Å²) in [4.78, 5) is 37.6. The first kappa shape index (κ1) is 28.8. The van der Waals surface area contributed by atoms with E-state index in [4.69, 9.17) is 11.5 Å². The SMILES string of the molecule is Cc1cc(CNC(=O)[C@H](CCC(N)C(N)=N[N+](=O)[O-])NC(=O)C(c2ccccc2)c2ccccc2)ccc1O. The number of hydrazone groups is 1. The largest absolute Gasteiger partial charge is 0.508 e. The number of nitrogens with two attached hydrogens (primary N) is 2. The average molecular weight is 533 g/mol. The summed E-state index contributed by atoms with van der Waals surface area (Å²) in [5.74, 6) is -1.78. The van der Waals surface area contributed by atoms with E-state index < -0.39 is 34.8 Å². The third-order valence-electron chi connectivity index (χ3n) is 6.23. The zero-order chi connectivity index (χ0) is 28.4. The van der Waals surface area contributed by atoms with Crippen molar-refractivity contribution in [3.63, 3.8) is 0 Å². The molecule has 0 aliphatic carbocycles. The first-order chi connectivity index (χ1) is 18.7. The van der Waals surface area contributed by atoms with Crippen LogP contribution in [0, 0.1) is 17.0 Å². The number of nitro groups is 1. The zero-order valence-corrected chi connectivity index (χ0v) is 21.5. The Morgan fingerprint density at radius 3 is 2.10 bits per heavy atom. The molecule has 3 rings (SSSR count). The zero-order valence-electron chi connectivity index (χ0n) is 21.5. The number of rotatable bonds is 12. The Bertz CT molecular complexity index is 1280. The second-order valence-corrected chi connectivity index (χ2v) is 9.10. The number of hydrogen-bond donors (Lipinski definition) is 5. The summed E-state index contributed by atoms with van der Waals surface area (Å²) in [7, 11) is 0. The van der Waals surface area contributed by atoms with Gasteiger partial charge in [0.15, 0.2) is 10.9 Å². The van der Waals surface area contributed by atoms with E-state index in [1.807, 2.05) is 60.7 Å². The monoisotopic (exact) mass is 532 g/mol. The molecule has 0 aromatic heterocycles. The van der Waals surface area contributed by atoms with Gasteiger partial charge in [0, 0.05) is 6.54 Å². The van der Waals surface area contributed by atoms with Gasteiger partial charge in [-0.3, -0.25) is 9.59 Å². The van der Waals surface area contributed by atoms with Crippen molar-refractivity contribution in [1.82, 2.24) is 10.6 Å². The minimum absolute atomic E-state index is 0.0532. The van der Waals surface area contributed by atoms with Crippen molar-refractivity contribution >= 4 is 17.6 Å². The van der Waals surface area contributed by atoms with Crippen molar-refractivity contribution in [3.8, 4) is 5.75 Å². The van der Waals surface area contributed by atoms with Crippen molar-refractivity contribution in [2.45, 2.75) is 44.3 Å². The van der Waals surface area contributed by atoms with E-state index in [1.165, 1.54) is 6.07 Å². The maximum Gasteiger partial charge on any atom is 0.242 e. The lowest BCUT2D eigenvalue weighted by Gasteiger charge is -2.24. The molecule has 0 saturated carbocycles. The standard InChI is InChI=1S/C28H32N6O5/c1-18-16-19(12-15-24(18)35)17-31-27(36)23(14-13-22(29)26(30)33-34(38)39)32-28(37)25(20-8-4-2-5-9-20)21-10-6-3-7-11-21/h2-12,15-16,22-23,25,35H,13-14,17,29H2,1H3,(H2,30,33)(H,31,36)(H,32,37)/t22?,23-/m0/s1. The number of hydrogen-bond acceptors (Lipinski definition) is 6. The van der Waals surface area contributed by atoms with E-state index in [2.05, 4.69) is 15.7 Å². The lowest BCUT2D eigenvalue weighted by molar-refractivity contribution is -0.485. The first-order valence-electron chi connectivity index (χ1n) is 12.4. The van der Waals surface area contributed by atoms with Crippen molar-refractivity contribution in [2.75, 3.05) is 0 Å². The molecule has 3 aromatic rings. The van der Waals surface area contributed by atoms with Crippen molar-refractivity contribution < 1.29 is 19.7 Å². The number of nitrogens with one attached hydrogen (secondary N) is 2. The number of aromatic hydroxyl groups is 1. The maximum atomic E-state index is 13.7. The van der Waals surface area contributed by atoms with Gasteiger partial charge in [0.05, 0.1) is 17.1 Å². The van der Waals surface area contributed by atoms with E-state index in [9.17, 15) is 24.8 Å². The predicted molar refractivity (Wildman–Crippen MR) is 147 cm³/mol. The molecule has 39 heavy (non-hydrogen) atoms. The van der Waals surface area contributed by atoms with Crippen LogP contribution < -0.4 is 22.1 Å². The normalized spacial score (nSPS) is 12.9. The number of carbonyl (C=O) groups is 2. The quantitative estimate of drug-likeness (QED) is 0.102. The average Bonchev–Trinajstić information content (AvgIpc) is 2.92. The molecule has 0 radical (unpaired) electrons. The van der Waals surface area contributed by atoms with Gasteiger partial charge in [-0.1, -0.05) is 72.8 Å². The molecule has 0 aliphatic heterocycles. The number of carbonyl (C=O) groups excluding carboxylic acids is 2. The van der Waals surface area contributed by atoms with Crippen LogP contribution in [-0.4, -0.2) is 39.9 Å². The van der Waals surface area contributed by atoms with Gasteiger partial charge < -0.3 is 27.2 Å². The number of benzene rings is 3. The molecule has 0 fully saturated rings. The highest BCUT2D eigenvalue weighted by molar-refractivity contribution is 5.92. The van der Waals surface area contributed by atoms with Crippen LogP contribution >= 0.6 is 0 Å². The molecular weight excluding hydrogens is 500 g/mol. The summed E-state index contributed by atoms with van der Waals surface area (Å²) in [5.41, 5.74) is 14.5. The topological polar surface area (TPSA) is 186 Å². The van der Waals surface area contributed by atoms with Crippen LogP contribution in [0.15, 0.2) is 84.0 Å². The molecule has 11 nitrogen and oxygen atoms in total. The van der Waals surface area contributed by atoms with Crippen LogP contribution in [0.4, 0.5) is 0 Å². The highest BCUT2D eigenvalue weighted by Crippen LogP contribution is 2.25. The van der Waals surface area contributed by atoms with Gasteiger partial charge in [0.2, 0.25) is 11.8 Å². The maximum absolute atomic E-state index is 13.7. The van der Waals surface area contributed by atoms with E-state index in [0.29, 0.717) is 5.56 Å². The lowest BCUT2D eigenvalue weighted by atomic mass is 9.90. The van der Waals surface area contributed by atoms with Crippen LogP contribution in [0.1, 0.15) is 41.0 Å². The van der Waals surface area contributed by atoms with Gasteiger partial charge in [-0.2, -0.15) is 0 Å². The molecule has 0 spiro atoms. The second kappa shape index (κ2) is 13.7. The molecule has 11 heteroatoms. The molecule has 0 saturated heterocycles. The van der Waals surface area contributed by atoms with Crippen LogP contribution in [0.3, 0.4) is 0 Å². The summed E-state index contributed by atoms with van der Waals surface area (Å²) in [6, 6.07) is 21.3.